The van der Waals surface area contributed by atoms with Gasteiger partial charge in [0.15, 0.2) is 0 Å². The third kappa shape index (κ3) is 3.21. The fourth-order valence-electron chi connectivity index (χ4n) is 4.11. The van der Waals surface area contributed by atoms with Crippen molar-refractivity contribution in [1.82, 2.24) is 4.98 Å². The SMILES string of the molecule is O=C1C2Sc3[nH]c(=O)sc3[C@H](c3ccccc3)C2C(=O)N1c1cccc(C(F)(F)F)c1. The van der Waals surface area contributed by atoms with Crippen molar-refractivity contribution in [3.8, 4) is 0 Å². The summed E-state index contributed by atoms with van der Waals surface area (Å²) < 4.78 is 39.5. The van der Waals surface area contributed by atoms with Gasteiger partial charge in [-0.05, 0) is 23.8 Å². The first kappa shape index (κ1) is 20.1. The summed E-state index contributed by atoms with van der Waals surface area (Å²) in [5.74, 6) is -2.52. The number of fused-ring (bicyclic) bond motifs is 2. The lowest BCUT2D eigenvalue weighted by molar-refractivity contribution is -0.137. The van der Waals surface area contributed by atoms with Gasteiger partial charge in [-0.2, -0.15) is 13.2 Å². The first-order valence-corrected chi connectivity index (χ1v) is 10.9. The van der Waals surface area contributed by atoms with Gasteiger partial charge in [0, 0.05) is 10.8 Å². The van der Waals surface area contributed by atoms with Crippen LogP contribution in [-0.2, 0) is 15.8 Å². The fraction of sp³-hybridized carbons (Fsp3) is 0.190. The van der Waals surface area contributed by atoms with Gasteiger partial charge in [0.1, 0.15) is 5.25 Å². The number of anilines is 1. The zero-order valence-corrected chi connectivity index (χ0v) is 17.2. The van der Waals surface area contributed by atoms with E-state index in [0.29, 0.717) is 9.90 Å². The Kier molecular flexibility index (Phi) is 4.60. The zero-order chi connectivity index (χ0) is 21.9. The number of hydrogen-bond acceptors (Lipinski definition) is 5. The summed E-state index contributed by atoms with van der Waals surface area (Å²) >= 11 is 2.07. The Labute approximate surface area is 181 Å². The molecule has 3 atom stereocenters. The summed E-state index contributed by atoms with van der Waals surface area (Å²) in [6, 6.07) is 13.2. The predicted molar refractivity (Wildman–Crippen MR) is 110 cm³/mol. The Bertz CT molecular complexity index is 1250. The number of hydrogen-bond donors (Lipinski definition) is 1. The van der Waals surface area contributed by atoms with E-state index < -0.39 is 40.6 Å². The summed E-state index contributed by atoms with van der Waals surface area (Å²) in [6.07, 6.45) is -4.60. The Hall–Kier alpha value is -2.85. The molecule has 3 heterocycles. The first-order valence-electron chi connectivity index (χ1n) is 9.25. The number of imide groups is 1. The molecular formula is C21H13F3N2O3S2. The zero-order valence-electron chi connectivity index (χ0n) is 15.6. The van der Waals surface area contributed by atoms with Crippen LogP contribution in [0.15, 0.2) is 64.4 Å². The Morgan fingerprint density at radius 3 is 2.39 bits per heavy atom. The molecule has 158 valence electrons. The van der Waals surface area contributed by atoms with Crippen LogP contribution in [0, 0.1) is 5.92 Å². The standard InChI is InChI=1S/C21H13F3N2O3S2/c22-21(23,24)11-7-4-8-12(9-11)26-18(27)14-13(10-5-2-1-3-6-10)15-17(25-20(29)31-15)30-16(14)19(26)28/h1-9,13-14,16H,(H,25,29)/t13-,14?,16?/m1/s1. The highest BCUT2D eigenvalue weighted by atomic mass is 32.2. The third-order valence-electron chi connectivity index (χ3n) is 5.41. The second kappa shape index (κ2) is 7.10. The normalized spacial score (nSPS) is 23.1. The van der Waals surface area contributed by atoms with Crippen molar-refractivity contribution in [2.75, 3.05) is 4.90 Å². The molecule has 0 saturated carbocycles. The molecule has 2 unspecified atom stereocenters. The summed E-state index contributed by atoms with van der Waals surface area (Å²) in [5, 5.41) is -0.317. The molecule has 1 saturated heterocycles. The molecule has 0 spiro atoms. The van der Waals surface area contributed by atoms with E-state index in [4.69, 9.17) is 0 Å². The maximum Gasteiger partial charge on any atom is 0.416 e. The number of carbonyl (C=O) groups excluding carboxylic acids is 2. The lowest BCUT2D eigenvalue weighted by atomic mass is 9.83. The number of H-pyrrole nitrogens is 1. The number of aromatic nitrogens is 1. The lowest BCUT2D eigenvalue weighted by Crippen LogP contribution is -2.32. The molecule has 1 N–H and O–H groups in total. The topological polar surface area (TPSA) is 70.2 Å². The van der Waals surface area contributed by atoms with E-state index in [0.717, 1.165) is 45.7 Å². The number of thioether (sulfide) groups is 1. The highest BCUT2D eigenvalue weighted by molar-refractivity contribution is 8.00. The number of halogens is 3. The molecule has 1 fully saturated rings. The smallest absolute Gasteiger partial charge is 0.307 e. The molecule has 1 aromatic heterocycles. The van der Waals surface area contributed by atoms with Crippen LogP contribution < -0.4 is 9.77 Å². The maximum absolute atomic E-state index is 13.4. The van der Waals surface area contributed by atoms with E-state index in [9.17, 15) is 27.6 Å². The van der Waals surface area contributed by atoms with Crippen molar-refractivity contribution in [3.05, 3.63) is 80.3 Å². The number of benzene rings is 2. The molecular weight excluding hydrogens is 449 g/mol. The average molecular weight is 462 g/mol. The van der Waals surface area contributed by atoms with Crippen molar-refractivity contribution in [2.24, 2.45) is 5.92 Å². The van der Waals surface area contributed by atoms with Crippen LogP contribution >= 0.6 is 23.1 Å². The molecule has 2 amide bonds. The Morgan fingerprint density at radius 1 is 0.935 bits per heavy atom. The van der Waals surface area contributed by atoms with Crippen molar-refractivity contribution in [1.29, 1.82) is 0 Å². The summed E-state index contributed by atoms with van der Waals surface area (Å²) in [4.78, 5) is 42.6. The van der Waals surface area contributed by atoms with Crippen molar-refractivity contribution in [3.63, 3.8) is 0 Å². The van der Waals surface area contributed by atoms with Crippen molar-refractivity contribution in [2.45, 2.75) is 22.4 Å². The minimum Gasteiger partial charge on any atom is -0.307 e. The molecule has 0 radical (unpaired) electrons. The molecule has 2 aliphatic heterocycles. The molecule has 3 aromatic rings. The predicted octanol–water partition coefficient (Wildman–Crippen LogP) is 4.25. The van der Waals surface area contributed by atoms with E-state index >= 15 is 0 Å². The summed E-state index contributed by atoms with van der Waals surface area (Å²) in [7, 11) is 0. The number of nitrogens with zero attached hydrogens (tertiary/aromatic N) is 1. The third-order valence-corrected chi connectivity index (χ3v) is 7.82. The molecule has 0 bridgehead atoms. The van der Waals surface area contributed by atoms with Gasteiger partial charge >= 0.3 is 11.0 Å². The average Bonchev–Trinajstić information content (AvgIpc) is 3.23. The van der Waals surface area contributed by atoms with E-state index in [1.54, 1.807) is 12.1 Å². The minimum atomic E-state index is -4.60. The van der Waals surface area contributed by atoms with Gasteiger partial charge in [-0.25, -0.2) is 4.90 Å². The van der Waals surface area contributed by atoms with E-state index in [1.807, 2.05) is 18.2 Å². The highest BCUT2D eigenvalue weighted by Crippen LogP contribution is 2.53. The number of alkyl halides is 3. The van der Waals surface area contributed by atoms with Crippen molar-refractivity contribution < 1.29 is 22.8 Å². The van der Waals surface area contributed by atoms with Crippen LogP contribution in [0.3, 0.4) is 0 Å². The molecule has 0 aliphatic carbocycles. The quantitative estimate of drug-likeness (QED) is 0.578. The maximum atomic E-state index is 13.4. The van der Waals surface area contributed by atoms with Crippen molar-refractivity contribution >= 4 is 40.6 Å². The van der Waals surface area contributed by atoms with Crippen LogP contribution in [-0.4, -0.2) is 22.0 Å². The minimum absolute atomic E-state index is 0.108. The van der Waals surface area contributed by atoms with Crippen LogP contribution in [0.4, 0.5) is 18.9 Å². The van der Waals surface area contributed by atoms with Crippen LogP contribution in [0.25, 0.3) is 0 Å². The second-order valence-corrected chi connectivity index (χ2v) is 9.39. The van der Waals surface area contributed by atoms with Crippen LogP contribution in [0.1, 0.15) is 21.9 Å². The van der Waals surface area contributed by atoms with Gasteiger partial charge in [0.2, 0.25) is 11.8 Å². The number of rotatable bonds is 2. The fourth-order valence-corrected chi connectivity index (χ4v) is 6.63. The number of thiazole rings is 1. The monoisotopic (exact) mass is 462 g/mol. The highest BCUT2D eigenvalue weighted by Gasteiger charge is 2.56. The van der Waals surface area contributed by atoms with Crippen LogP contribution in [0.2, 0.25) is 0 Å². The number of carbonyl (C=O) groups is 2. The number of amides is 2. The van der Waals surface area contributed by atoms with Crippen LogP contribution in [0.5, 0.6) is 0 Å². The van der Waals surface area contributed by atoms with E-state index in [1.165, 1.54) is 12.1 Å². The molecule has 2 aliphatic rings. The lowest BCUT2D eigenvalue weighted by Gasteiger charge is -2.29. The summed E-state index contributed by atoms with van der Waals surface area (Å²) in [6.45, 7) is 0. The van der Waals surface area contributed by atoms with Gasteiger partial charge in [-0.15, -0.1) is 0 Å². The number of nitrogens with one attached hydrogen (secondary N) is 1. The van der Waals surface area contributed by atoms with Gasteiger partial charge in [0.05, 0.1) is 22.2 Å². The first-order chi connectivity index (χ1) is 14.8. The largest absolute Gasteiger partial charge is 0.416 e. The molecule has 2 aromatic carbocycles. The second-order valence-electron chi connectivity index (χ2n) is 7.22. The van der Waals surface area contributed by atoms with E-state index in [2.05, 4.69) is 4.98 Å². The Balaban J connectivity index is 1.62. The molecule has 5 nitrogen and oxygen atoms in total. The van der Waals surface area contributed by atoms with E-state index in [-0.39, 0.29) is 10.6 Å². The molecule has 31 heavy (non-hydrogen) atoms. The Morgan fingerprint density at radius 2 is 1.68 bits per heavy atom. The van der Waals surface area contributed by atoms with Gasteiger partial charge in [-0.1, -0.05) is 59.5 Å². The molecule has 5 rings (SSSR count). The summed E-state index contributed by atoms with van der Waals surface area (Å²) in [5.41, 5.74) is -0.277. The van der Waals surface area contributed by atoms with Gasteiger partial charge in [-0.3, -0.25) is 14.4 Å². The van der Waals surface area contributed by atoms with Gasteiger partial charge in [0.25, 0.3) is 0 Å². The van der Waals surface area contributed by atoms with Gasteiger partial charge < -0.3 is 4.98 Å². The number of aromatic amines is 1. The molecule has 10 heteroatoms.